The number of anilines is 2. The number of ether oxygens (including phenoxy) is 2. The molecule has 3 aliphatic heterocycles. The Morgan fingerprint density at radius 1 is 1.17 bits per heavy atom. The highest BCUT2D eigenvalue weighted by Crippen LogP contribution is 2.39. The molecule has 0 aliphatic carbocycles. The molecule has 3 aliphatic rings. The van der Waals surface area contributed by atoms with E-state index in [9.17, 15) is 22.8 Å². The molecule has 3 fully saturated rings. The SMILES string of the molecule is CCOc1cc(C(=O)Nc2cc(C(F)(F)F)ccn2)ccc1-c1nc([C@H]2CN3C(=O)[C@@H]4CCCN4C[C@@H]3CO2)n2ccnc(N)c12. The number of nitrogens with two attached hydrogens (primary N) is 1. The lowest BCUT2D eigenvalue weighted by Crippen LogP contribution is -2.63. The first-order valence-corrected chi connectivity index (χ1v) is 15.0. The van der Waals surface area contributed by atoms with Crippen LogP contribution in [-0.2, 0) is 15.7 Å². The van der Waals surface area contributed by atoms with Crippen LogP contribution in [-0.4, -0.2) is 85.9 Å². The zero-order chi connectivity index (χ0) is 32.2. The number of imidazole rings is 1. The molecular formula is C31H31F3N8O4. The molecule has 2 amide bonds. The number of alkyl halides is 3. The van der Waals surface area contributed by atoms with Gasteiger partial charge < -0.3 is 25.4 Å². The van der Waals surface area contributed by atoms with Crippen LogP contribution in [0.3, 0.4) is 0 Å². The highest BCUT2D eigenvalue weighted by Gasteiger charge is 2.46. The Bertz CT molecular complexity index is 1830. The molecular weight excluding hydrogens is 605 g/mol. The number of halogens is 3. The van der Waals surface area contributed by atoms with E-state index in [2.05, 4.69) is 20.2 Å². The molecule has 7 rings (SSSR count). The van der Waals surface area contributed by atoms with Crippen LogP contribution in [0.2, 0.25) is 0 Å². The maximum atomic E-state index is 13.4. The number of aromatic nitrogens is 4. The molecule has 1 aromatic carbocycles. The van der Waals surface area contributed by atoms with Crippen molar-refractivity contribution < 1.29 is 32.2 Å². The van der Waals surface area contributed by atoms with Crippen molar-refractivity contribution >= 4 is 29.0 Å². The van der Waals surface area contributed by atoms with Gasteiger partial charge in [-0.25, -0.2) is 15.0 Å². The predicted molar refractivity (Wildman–Crippen MR) is 160 cm³/mol. The summed E-state index contributed by atoms with van der Waals surface area (Å²) in [5.41, 5.74) is 7.04. The number of nitrogens with zero attached hydrogens (tertiary/aromatic N) is 6. The van der Waals surface area contributed by atoms with Crippen LogP contribution in [0.4, 0.5) is 24.8 Å². The summed E-state index contributed by atoms with van der Waals surface area (Å²) in [6.45, 7) is 4.46. The van der Waals surface area contributed by atoms with Crippen molar-refractivity contribution in [3.63, 3.8) is 0 Å². The summed E-state index contributed by atoms with van der Waals surface area (Å²) in [7, 11) is 0. The van der Waals surface area contributed by atoms with Crippen LogP contribution in [0.5, 0.6) is 5.75 Å². The Balaban J connectivity index is 1.21. The van der Waals surface area contributed by atoms with Crippen LogP contribution < -0.4 is 15.8 Å². The number of amides is 2. The van der Waals surface area contributed by atoms with Crippen molar-refractivity contribution in [2.75, 3.05) is 43.9 Å². The minimum atomic E-state index is -4.58. The van der Waals surface area contributed by atoms with Gasteiger partial charge in [-0.3, -0.25) is 18.9 Å². The van der Waals surface area contributed by atoms with Gasteiger partial charge >= 0.3 is 6.18 Å². The van der Waals surface area contributed by atoms with Gasteiger partial charge in [0.25, 0.3) is 5.91 Å². The molecule has 0 bridgehead atoms. The molecule has 0 radical (unpaired) electrons. The fraction of sp³-hybridized carbons (Fsp3) is 0.387. The number of piperazine rings is 1. The lowest BCUT2D eigenvalue weighted by molar-refractivity contribution is -0.160. The van der Waals surface area contributed by atoms with Gasteiger partial charge in [0.2, 0.25) is 5.91 Å². The monoisotopic (exact) mass is 636 g/mol. The first-order chi connectivity index (χ1) is 22.1. The first-order valence-electron chi connectivity index (χ1n) is 15.0. The average Bonchev–Trinajstić information content (AvgIpc) is 3.67. The van der Waals surface area contributed by atoms with Gasteiger partial charge in [-0.05, 0) is 56.6 Å². The van der Waals surface area contributed by atoms with Gasteiger partial charge in [-0.2, -0.15) is 13.2 Å². The Hall–Kier alpha value is -4.76. The number of carbonyl (C=O) groups is 2. The van der Waals surface area contributed by atoms with Gasteiger partial charge in [-0.1, -0.05) is 0 Å². The lowest BCUT2D eigenvalue weighted by atomic mass is 10.0. The minimum absolute atomic E-state index is 0.0232. The molecule has 0 saturated carbocycles. The summed E-state index contributed by atoms with van der Waals surface area (Å²) >= 11 is 0. The molecule has 3 saturated heterocycles. The van der Waals surface area contributed by atoms with Crippen LogP contribution in [0.25, 0.3) is 16.8 Å². The lowest BCUT2D eigenvalue weighted by Gasteiger charge is -2.47. The third-order valence-corrected chi connectivity index (χ3v) is 8.70. The summed E-state index contributed by atoms with van der Waals surface area (Å²) in [5.74, 6) is 0.261. The molecule has 6 heterocycles. The third-order valence-electron chi connectivity index (χ3n) is 8.70. The van der Waals surface area contributed by atoms with Gasteiger partial charge in [0.1, 0.15) is 40.5 Å². The van der Waals surface area contributed by atoms with Crippen molar-refractivity contribution in [1.29, 1.82) is 0 Å². The number of morpholine rings is 1. The molecule has 3 atom stereocenters. The summed E-state index contributed by atoms with van der Waals surface area (Å²) in [4.78, 5) is 43.7. The molecule has 3 aromatic heterocycles. The average molecular weight is 637 g/mol. The fourth-order valence-corrected chi connectivity index (χ4v) is 6.56. The number of nitrogens with one attached hydrogen (secondary N) is 1. The van der Waals surface area contributed by atoms with Gasteiger partial charge in [-0.15, -0.1) is 0 Å². The fourth-order valence-electron chi connectivity index (χ4n) is 6.56. The van der Waals surface area contributed by atoms with Crippen molar-refractivity contribution in [3.8, 4) is 17.0 Å². The number of pyridine rings is 1. The number of carbonyl (C=O) groups excluding carboxylic acids is 2. The standard InChI is InChI=1S/C31H31F3N8O4/c1-2-45-22-12-17(29(43)38-24-13-18(7-8-36-24)31(32,33)34)5-6-20(22)25-26-27(35)37-9-11-41(26)28(39-25)23-15-42-19(16-46-23)14-40-10-3-4-21(40)30(42)44/h5-9,11-13,19,21,23H,2-4,10,14-16H2,1H3,(H2,35,37)(H,36,38,43)/t19-,21+,23-/m1/s1. The zero-order valence-corrected chi connectivity index (χ0v) is 24.8. The largest absolute Gasteiger partial charge is 0.493 e. The summed E-state index contributed by atoms with van der Waals surface area (Å²) in [6.07, 6.45) is 1.02. The van der Waals surface area contributed by atoms with E-state index in [1.54, 1.807) is 29.8 Å². The molecule has 240 valence electrons. The quantitative estimate of drug-likeness (QED) is 0.324. The van der Waals surface area contributed by atoms with Gasteiger partial charge in [0.05, 0.1) is 37.4 Å². The molecule has 0 unspecified atom stereocenters. The first kappa shape index (κ1) is 29.9. The van der Waals surface area contributed by atoms with Crippen LogP contribution in [0, 0.1) is 0 Å². The van der Waals surface area contributed by atoms with E-state index < -0.39 is 23.8 Å². The molecule has 3 N–H and O–H groups in total. The Morgan fingerprint density at radius 2 is 2.02 bits per heavy atom. The summed E-state index contributed by atoms with van der Waals surface area (Å²) < 4.78 is 53.5. The van der Waals surface area contributed by atoms with E-state index in [4.69, 9.17) is 20.2 Å². The Kier molecular flexibility index (Phi) is 7.51. The zero-order valence-electron chi connectivity index (χ0n) is 24.8. The van der Waals surface area contributed by atoms with E-state index in [0.29, 0.717) is 41.5 Å². The van der Waals surface area contributed by atoms with Crippen LogP contribution in [0.15, 0.2) is 48.9 Å². The molecule has 4 aromatic rings. The Morgan fingerprint density at radius 3 is 2.83 bits per heavy atom. The summed E-state index contributed by atoms with van der Waals surface area (Å²) in [6, 6.07) is 6.12. The molecule has 46 heavy (non-hydrogen) atoms. The van der Waals surface area contributed by atoms with E-state index in [0.717, 1.165) is 44.3 Å². The Labute approximate surface area is 261 Å². The van der Waals surface area contributed by atoms with E-state index in [1.807, 2.05) is 4.90 Å². The molecule has 15 heteroatoms. The number of rotatable bonds is 6. The highest BCUT2D eigenvalue weighted by molar-refractivity contribution is 6.04. The van der Waals surface area contributed by atoms with Crippen LogP contribution >= 0.6 is 0 Å². The van der Waals surface area contributed by atoms with Crippen molar-refractivity contribution in [2.45, 2.75) is 44.1 Å². The van der Waals surface area contributed by atoms with E-state index in [1.165, 1.54) is 12.1 Å². The van der Waals surface area contributed by atoms with Crippen LogP contribution in [0.1, 0.15) is 47.6 Å². The number of hydrogen-bond donors (Lipinski definition) is 2. The number of fused-ring (bicyclic) bond motifs is 3. The minimum Gasteiger partial charge on any atom is -0.493 e. The van der Waals surface area contributed by atoms with Crippen molar-refractivity contribution in [2.24, 2.45) is 0 Å². The molecule has 0 spiro atoms. The smallest absolute Gasteiger partial charge is 0.416 e. The third kappa shape index (κ3) is 5.28. The maximum absolute atomic E-state index is 13.4. The number of nitrogen functional groups attached to an aromatic ring is 1. The second-order valence-electron chi connectivity index (χ2n) is 11.5. The number of benzene rings is 1. The normalized spacial score (nSPS) is 21.7. The second-order valence-corrected chi connectivity index (χ2v) is 11.5. The second kappa shape index (κ2) is 11.6. The predicted octanol–water partition coefficient (Wildman–Crippen LogP) is 3.79. The highest BCUT2D eigenvalue weighted by atomic mass is 19.4. The van der Waals surface area contributed by atoms with E-state index >= 15 is 0 Å². The van der Waals surface area contributed by atoms with E-state index in [-0.39, 0.29) is 41.8 Å². The van der Waals surface area contributed by atoms with Gasteiger partial charge in [0.15, 0.2) is 0 Å². The van der Waals surface area contributed by atoms with Gasteiger partial charge in [0, 0.05) is 36.3 Å². The topological polar surface area (TPSA) is 140 Å². The number of hydrogen-bond acceptors (Lipinski definition) is 9. The van der Waals surface area contributed by atoms with Crippen molar-refractivity contribution in [3.05, 3.63) is 65.9 Å². The maximum Gasteiger partial charge on any atom is 0.416 e. The molecule has 12 nitrogen and oxygen atoms in total. The van der Waals surface area contributed by atoms with Crippen molar-refractivity contribution in [1.82, 2.24) is 29.2 Å². The summed E-state index contributed by atoms with van der Waals surface area (Å²) in [5, 5.41) is 2.42.